The second-order valence-corrected chi connectivity index (χ2v) is 3.08. The zero-order valence-electron chi connectivity index (χ0n) is 8.44. The zero-order chi connectivity index (χ0) is 13.0. The van der Waals surface area contributed by atoms with Crippen molar-refractivity contribution in [1.29, 1.82) is 0 Å². The summed E-state index contributed by atoms with van der Waals surface area (Å²) in [7, 11) is 0. The molecule has 0 bridgehead atoms. The quantitative estimate of drug-likeness (QED) is 0.613. The Hall–Kier alpha value is -2.64. The number of amides is 2. The smallest absolute Gasteiger partial charge is 0.417 e. The highest BCUT2D eigenvalue weighted by Gasteiger charge is 2.20. The van der Waals surface area contributed by atoms with E-state index in [2.05, 4.69) is 0 Å². The van der Waals surface area contributed by atoms with E-state index in [1.54, 1.807) is 0 Å². The van der Waals surface area contributed by atoms with Crippen molar-refractivity contribution in [2.45, 2.75) is 6.54 Å². The topological polar surface area (TPSA) is 121 Å². The Morgan fingerprint density at radius 1 is 1.29 bits per heavy atom. The molecule has 2 amide bonds. The molecule has 1 aromatic rings. The second kappa shape index (κ2) is 4.92. The minimum absolute atomic E-state index is 0.138. The van der Waals surface area contributed by atoms with Gasteiger partial charge in [-0.3, -0.25) is 10.1 Å². The first kappa shape index (κ1) is 12.4. The Bertz CT molecular complexity index is 458. The van der Waals surface area contributed by atoms with Crippen molar-refractivity contribution in [3.8, 4) is 0 Å². The van der Waals surface area contributed by atoms with Gasteiger partial charge in [0, 0.05) is 12.1 Å². The van der Waals surface area contributed by atoms with E-state index in [9.17, 15) is 19.7 Å². The van der Waals surface area contributed by atoms with Gasteiger partial charge in [0.25, 0.3) is 5.69 Å². The molecule has 0 radical (unpaired) electrons. The number of benzene rings is 1. The summed E-state index contributed by atoms with van der Waals surface area (Å²) in [6.07, 6.45) is -3.27. The average Bonchev–Trinajstić information content (AvgIpc) is 2.25. The van der Waals surface area contributed by atoms with E-state index >= 15 is 0 Å². The van der Waals surface area contributed by atoms with Gasteiger partial charge in [0.1, 0.15) is 0 Å². The minimum atomic E-state index is -1.64. The van der Waals surface area contributed by atoms with Crippen molar-refractivity contribution < 1.29 is 24.7 Å². The average molecular weight is 240 g/mol. The third-order valence-electron chi connectivity index (χ3n) is 1.92. The lowest BCUT2D eigenvalue weighted by Crippen LogP contribution is -2.33. The Morgan fingerprint density at radius 2 is 1.88 bits per heavy atom. The number of imide groups is 1. The van der Waals surface area contributed by atoms with Gasteiger partial charge in [-0.1, -0.05) is 12.1 Å². The third kappa shape index (κ3) is 3.16. The number of nitrogens with zero attached hydrogens (tertiary/aromatic N) is 2. The number of hydrogen-bond donors (Lipinski definition) is 2. The lowest BCUT2D eigenvalue weighted by Gasteiger charge is -2.12. The number of carbonyl (C=O) groups is 2. The van der Waals surface area contributed by atoms with E-state index in [-0.39, 0.29) is 16.2 Å². The summed E-state index contributed by atoms with van der Waals surface area (Å²) in [5.74, 6) is 0. The number of non-ortho nitro benzene ring substituents is 1. The van der Waals surface area contributed by atoms with Crippen LogP contribution in [0.4, 0.5) is 15.3 Å². The maximum absolute atomic E-state index is 10.6. The van der Waals surface area contributed by atoms with E-state index in [4.69, 9.17) is 10.2 Å². The van der Waals surface area contributed by atoms with Gasteiger partial charge >= 0.3 is 12.2 Å². The van der Waals surface area contributed by atoms with E-state index in [1.165, 1.54) is 18.2 Å². The van der Waals surface area contributed by atoms with Gasteiger partial charge < -0.3 is 10.2 Å². The summed E-state index contributed by atoms with van der Waals surface area (Å²) >= 11 is 0. The molecule has 0 saturated heterocycles. The van der Waals surface area contributed by atoms with Crippen LogP contribution in [-0.2, 0) is 6.54 Å². The molecule has 0 fully saturated rings. The predicted molar refractivity (Wildman–Crippen MR) is 54.7 cm³/mol. The van der Waals surface area contributed by atoms with Crippen molar-refractivity contribution in [3.05, 3.63) is 39.9 Å². The lowest BCUT2D eigenvalue weighted by molar-refractivity contribution is -0.384. The monoisotopic (exact) mass is 240 g/mol. The van der Waals surface area contributed by atoms with Crippen molar-refractivity contribution in [2.24, 2.45) is 0 Å². The van der Waals surface area contributed by atoms with Gasteiger partial charge in [0.05, 0.1) is 11.5 Å². The van der Waals surface area contributed by atoms with Gasteiger partial charge in [-0.05, 0) is 5.56 Å². The Balaban J connectivity index is 2.94. The van der Waals surface area contributed by atoms with Gasteiger partial charge in [-0.25, -0.2) is 14.5 Å². The van der Waals surface area contributed by atoms with Crippen molar-refractivity contribution >= 4 is 17.9 Å². The molecule has 0 aliphatic carbocycles. The van der Waals surface area contributed by atoms with E-state index < -0.39 is 23.7 Å². The SMILES string of the molecule is O=C(O)N(Cc1cccc([N+](=O)[O-])c1)C(=O)O. The normalized spacial score (nSPS) is 9.65. The molecule has 8 heteroatoms. The molecular formula is C9H8N2O6. The van der Waals surface area contributed by atoms with Crippen LogP contribution in [0.25, 0.3) is 0 Å². The molecular weight excluding hydrogens is 232 g/mol. The third-order valence-corrected chi connectivity index (χ3v) is 1.92. The molecule has 0 saturated carbocycles. The molecule has 0 heterocycles. The van der Waals surface area contributed by atoms with Gasteiger partial charge in [-0.2, -0.15) is 0 Å². The molecule has 17 heavy (non-hydrogen) atoms. The standard InChI is InChI=1S/C9H8N2O6/c12-8(13)10(9(14)15)5-6-2-1-3-7(4-6)11(16)17/h1-4H,5H2,(H,12,13)(H,14,15). The van der Waals surface area contributed by atoms with E-state index in [0.29, 0.717) is 0 Å². The maximum Gasteiger partial charge on any atom is 0.417 e. The summed E-state index contributed by atoms with van der Waals surface area (Å²) in [6, 6.07) is 5.12. The number of hydrogen-bond acceptors (Lipinski definition) is 4. The highest BCUT2D eigenvalue weighted by molar-refractivity contribution is 5.85. The molecule has 1 aromatic carbocycles. The summed E-state index contributed by atoms with van der Waals surface area (Å²) < 4.78 is 0. The summed E-state index contributed by atoms with van der Waals surface area (Å²) in [5, 5.41) is 27.7. The molecule has 1 rings (SSSR count). The molecule has 0 aromatic heterocycles. The van der Waals surface area contributed by atoms with Crippen LogP contribution in [0.2, 0.25) is 0 Å². The maximum atomic E-state index is 10.6. The Kier molecular flexibility index (Phi) is 3.60. The van der Waals surface area contributed by atoms with Crippen LogP contribution in [0.5, 0.6) is 0 Å². The molecule has 0 unspecified atom stereocenters. The first-order chi connectivity index (χ1) is 7.91. The number of rotatable bonds is 3. The zero-order valence-corrected chi connectivity index (χ0v) is 8.44. The number of nitro benzene ring substituents is 1. The summed E-state index contributed by atoms with van der Waals surface area (Å²) in [5.41, 5.74) is 0.00206. The molecule has 0 spiro atoms. The van der Waals surface area contributed by atoms with Crippen molar-refractivity contribution in [1.82, 2.24) is 4.90 Å². The predicted octanol–water partition coefficient (Wildman–Crippen LogP) is 1.75. The summed E-state index contributed by atoms with van der Waals surface area (Å²) in [4.78, 5) is 31.1. The van der Waals surface area contributed by atoms with Gasteiger partial charge in [0.2, 0.25) is 0 Å². The number of carboxylic acid groups (broad SMARTS) is 2. The highest BCUT2D eigenvalue weighted by atomic mass is 16.6. The van der Waals surface area contributed by atoms with Crippen molar-refractivity contribution in [2.75, 3.05) is 0 Å². The largest absolute Gasteiger partial charge is 0.465 e. The fourth-order valence-electron chi connectivity index (χ4n) is 1.17. The highest BCUT2D eigenvalue weighted by Crippen LogP contribution is 2.14. The first-order valence-electron chi connectivity index (χ1n) is 4.38. The number of nitro groups is 1. The van der Waals surface area contributed by atoms with Crippen LogP contribution in [0.15, 0.2) is 24.3 Å². The van der Waals surface area contributed by atoms with Crippen LogP contribution < -0.4 is 0 Å². The van der Waals surface area contributed by atoms with E-state index in [1.807, 2.05) is 0 Å². The first-order valence-corrected chi connectivity index (χ1v) is 4.38. The molecule has 0 aliphatic rings. The van der Waals surface area contributed by atoms with Crippen LogP contribution in [-0.4, -0.2) is 32.2 Å². The Labute approximate surface area is 94.9 Å². The van der Waals surface area contributed by atoms with Crippen LogP contribution in [0, 0.1) is 10.1 Å². The molecule has 0 atom stereocenters. The molecule has 8 nitrogen and oxygen atoms in total. The minimum Gasteiger partial charge on any atom is -0.465 e. The Morgan fingerprint density at radius 3 is 2.35 bits per heavy atom. The van der Waals surface area contributed by atoms with Gasteiger partial charge in [-0.15, -0.1) is 0 Å². The van der Waals surface area contributed by atoms with Crippen LogP contribution in [0.3, 0.4) is 0 Å². The summed E-state index contributed by atoms with van der Waals surface area (Å²) in [6.45, 7) is -0.452. The van der Waals surface area contributed by atoms with Crippen LogP contribution in [0.1, 0.15) is 5.56 Å². The van der Waals surface area contributed by atoms with E-state index in [0.717, 1.165) is 6.07 Å². The fourth-order valence-corrected chi connectivity index (χ4v) is 1.17. The lowest BCUT2D eigenvalue weighted by atomic mass is 10.2. The van der Waals surface area contributed by atoms with Crippen molar-refractivity contribution in [3.63, 3.8) is 0 Å². The second-order valence-electron chi connectivity index (χ2n) is 3.08. The van der Waals surface area contributed by atoms with Crippen LogP contribution >= 0.6 is 0 Å². The van der Waals surface area contributed by atoms with Gasteiger partial charge in [0.15, 0.2) is 0 Å². The fraction of sp³-hybridized carbons (Fsp3) is 0.111. The molecule has 2 N–H and O–H groups in total. The molecule has 0 aliphatic heterocycles. The molecule has 90 valence electrons.